The number of nitrogens with zero attached hydrogens (tertiary/aromatic N) is 2. The first-order chi connectivity index (χ1) is 26.8. The van der Waals surface area contributed by atoms with Gasteiger partial charge in [0, 0.05) is 38.3 Å². The van der Waals surface area contributed by atoms with E-state index >= 15 is 4.79 Å². The standard InChI is InChI=1S/C43H51N3O9/c1-45(31(39(48)44-19-20-47)21-25-7-3-2-4-8-25)41(50)42-23-34-35-36(54-43(53-35,29-14-15-29)30-16-17-30)38(42)55-46(37(42)40(49)52-34)24-28-10-6-5-9-27(28)13-11-26-12-18-32-33(22-26)51-32/h2-11,13,26,29-38,47H,12,14-24H2,1H3,(H,44,48). The van der Waals surface area contributed by atoms with Crippen LogP contribution in [0.4, 0.5) is 0 Å². The molecule has 55 heavy (non-hydrogen) atoms. The molecule has 0 radical (unpaired) electrons. The Morgan fingerprint density at radius 1 is 0.964 bits per heavy atom. The highest BCUT2D eigenvalue weighted by atomic mass is 16.8. The molecule has 10 unspecified atom stereocenters. The van der Waals surface area contributed by atoms with Gasteiger partial charge in [-0.25, -0.2) is 0 Å². The number of amides is 2. The van der Waals surface area contributed by atoms with E-state index in [-0.39, 0.29) is 56.2 Å². The van der Waals surface area contributed by atoms with Gasteiger partial charge in [0.2, 0.25) is 11.8 Å². The number of allylic oxidation sites excluding steroid dienone is 1. The van der Waals surface area contributed by atoms with Crippen molar-refractivity contribution in [2.45, 2.75) is 119 Å². The summed E-state index contributed by atoms with van der Waals surface area (Å²) < 4.78 is 26.1. The Hall–Kier alpha value is -3.65. The number of ether oxygens (including phenoxy) is 4. The number of nitrogens with one attached hydrogen (secondary N) is 1. The van der Waals surface area contributed by atoms with Gasteiger partial charge in [0.15, 0.2) is 11.8 Å². The lowest BCUT2D eigenvalue weighted by Crippen LogP contribution is -2.70. The number of benzene rings is 2. The first-order valence-electron chi connectivity index (χ1n) is 20.4. The van der Waals surface area contributed by atoms with Crippen LogP contribution in [0.1, 0.15) is 68.1 Å². The maximum Gasteiger partial charge on any atom is 0.327 e. The maximum absolute atomic E-state index is 15.5. The summed E-state index contributed by atoms with van der Waals surface area (Å²) in [7, 11) is 1.64. The lowest BCUT2D eigenvalue weighted by Gasteiger charge is -2.50. The highest BCUT2D eigenvalue weighted by Crippen LogP contribution is 2.64. The fraction of sp³-hybridized carbons (Fsp3) is 0.605. The molecule has 2 N–H and O–H groups in total. The van der Waals surface area contributed by atoms with E-state index in [2.05, 4.69) is 23.5 Å². The van der Waals surface area contributed by atoms with E-state index in [4.69, 9.17) is 23.8 Å². The van der Waals surface area contributed by atoms with Crippen molar-refractivity contribution in [1.82, 2.24) is 15.3 Å². The number of aliphatic hydroxyl groups is 1. The normalized spacial score (nSPS) is 36.1. The minimum absolute atomic E-state index is 0.0522. The Balaban J connectivity index is 1.01. The average Bonchev–Trinajstić information content (AvgIpc) is 4.10. The van der Waals surface area contributed by atoms with E-state index in [1.54, 1.807) is 12.1 Å². The zero-order valence-electron chi connectivity index (χ0n) is 31.3. The highest BCUT2D eigenvalue weighted by Gasteiger charge is 2.78. The van der Waals surface area contributed by atoms with Crippen molar-refractivity contribution in [2.75, 3.05) is 20.2 Å². The van der Waals surface area contributed by atoms with Crippen LogP contribution in [0, 0.1) is 23.2 Å². The van der Waals surface area contributed by atoms with Crippen LogP contribution in [0.5, 0.6) is 0 Å². The molecule has 4 aliphatic carbocycles. The Bertz CT molecular complexity index is 1840. The zero-order chi connectivity index (χ0) is 37.5. The zero-order valence-corrected chi connectivity index (χ0v) is 31.3. The molecule has 0 spiro atoms. The molecule has 4 saturated heterocycles. The van der Waals surface area contributed by atoms with Gasteiger partial charge in [0.25, 0.3) is 0 Å². The van der Waals surface area contributed by atoms with Gasteiger partial charge in [-0.1, -0.05) is 66.7 Å². The number of fused-ring (bicyclic) bond motifs is 5. The van der Waals surface area contributed by atoms with Crippen LogP contribution in [0.2, 0.25) is 0 Å². The molecule has 2 aromatic rings. The van der Waals surface area contributed by atoms with Crippen LogP contribution in [-0.4, -0.2) is 108 Å². The molecular weight excluding hydrogens is 702 g/mol. The Morgan fingerprint density at radius 3 is 2.45 bits per heavy atom. The monoisotopic (exact) mass is 753 g/mol. The van der Waals surface area contributed by atoms with E-state index in [9.17, 15) is 14.7 Å². The molecule has 4 heterocycles. The third-order valence-electron chi connectivity index (χ3n) is 13.6. The second kappa shape index (κ2) is 13.8. The van der Waals surface area contributed by atoms with Gasteiger partial charge in [-0.15, -0.1) is 0 Å². The summed E-state index contributed by atoms with van der Waals surface area (Å²) in [5.41, 5.74) is 1.43. The number of rotatable bonds is 13. The largest absolute Gasteiger partial charge is 0.458 e. The Labute approximate surface area is 321 Å². The van der Waals surface area contributed by atoms with Gasteiger partial charge in [0.05, 0.1) is 25.4 Å². The number of epoxide rings is 1. The van der Waals surface area contributed by atoms with Crippen molar-refractivity contribution in [3.05, 3.63) is 77.4 Å². The predicted octanol–water partition coefficient (Wildman–Crippen LogP) is 3.55. The number of hydrogen-bond donors (Lipinski definition) is 2. The molecule has 12 nitrogen and oxygen atoms in total. The molecule has 12 heteroatoms. The summed E-state index contributed by atoms with van der Waals surface area (Å²) in [4.78, 5) is 52.3. The lowest BCUT2D eigenvalue weighted by molar-refractivity contribution is -0.235. The van der Waals surface area contributed by atoms with Gasteiger partial charge >= 0.3 is 5.97 Å². The van der Waals surface area contributed by atoms with E-state index in [0.29, 0.717) is 18.1 Å². The number of hydrogen-bond acceptors (Lipinski definition) is 10. The van der Waals surface area contributed by atoms with Gasteiger partial charge in [-0.3, -0.25) is 19.2 Å². The average molecular weight is 754 g/mol. The smallest absolute Gasteiger partial charge is 0.327 e. The second-order valence-corrected chi connectivity index (χ2v) is 17.1. The highest BCUT2D eigenvalue weighted by molar-refractivity contribution is 5.96. The third kappa shape index (κ3) is 6.15. The van der Waals surface area contributed by atoms with Crippen molar-refractivity contribution < 1.29 is 43.3 Å². The molecule has 4 saturated carbocycles. The summed E-state index contributed by atoms with van der Waals surface area (Å²) in [5, 5.41) is 14.0. The minimum Gasteiger partial charge on any atom is -0.458 e. The van der Waals surface area contributed by atoms with E-state index in [1.165, 1.54) is 4.90 Å². The summed E-state index contributed by atoms with van der Waals surface area (Å²) in [6, 6.07) is 15.6. The molecule has 10 atom stereocenters. The number of likely N-dealkylation sites (N-methyl/N-ethyl adjacent to an activating group) is 1. The summed E-state index contributed by atoms with van der Waals surface area (Å²) in [6.07, 6.45) is 10.2. The first-order valence-corrected chi connectivity index (χ1v) is 20.4. The summed E-state index contributed by atoms with van der Waals surface area (Å²) >= 11 is 0. The molecule has 2 aromatic carbocycles. The first kappa shape index (κ1) is 35.7. The third-order valence-corrected chi connectivity index (χ3v) is 13.6. The lowest BCUT2D eigenvalue weighted by atomic mass is 9.62. The van der Waals surface area contributed by atoms with E-state index in [1.807, 2.05) is 48.5 Å². The summed E-state index contributed by atoms with van der Waals surface area (Å²) in [6.45, 7) is 0.0527. The van der Waals surface area contributed by atoms with Crippen LogP contribution in [0.25, 0.3) is 6.08 Å². The van der Waals surface area contributed by atoms with Crippen LogP contribution in [0.3, 0.4) is 0 Å². The number of esters is 1. The SMILES string of the molecule is CN(C(=O)C12CC3OC(=O)C1N(Cc1ccccc1C=CC1CCC4OC4C1)OC2C1OC(C2CC2)(C2CC2)OC31)C(Cc1ccccc1)C(=O)NCCO. The Kier molecular flexibility index (Phi) is 8.95. The summed E-state index contributed by atoms with van der Waals surface area (Å²) in [5.74, 6) is -1.10. The van der Waals surface area contributed by atoms with Gasteiger partial charge in [-0.05, 0) is 67.6 Å². The van der Waals surface area contributed by atoms with Crippen molar-refractivity contribution in [2.24, 2.45) is 23.2 Å². The van der Waals surface area contributed by atoms with Crippen LogP contribution in [0.15, 0.2) is 60.7 Å². The van der Waals surface area contributed by atoms with Crippen LogP contribution in [-0.2, 0) is 51.1 Å². The molecule has 4 aliphatic heterocycles. The number of aliphatic hydroxyl groups excluding tert-OH is 1. The molecule has 8 aliphatic rings. The molecule has 8 fully saturated rings. The topological polar surface area (TPSA) is 139 Å². The number of carbonyl (C=O) groups is 3. The van der Waals surface area contributed by atoms with Crippen molar-refractivity contribution in [1.29, 1.82) is 0 Å². The molecule has 2 bridgehead atoms. The van der Waals surface area contributed by atoms with Crippen LogP contribution < -0.4 is 5.32 Å². The quantitative estimate of drug-likeness (QED) is 0.231. The fourth-order valence-corrected chi connectivity index (χ4v) is 10.5. The predicted molar refractivity (Wildman–Crippen MR) is 197 cm³/mol. The van der Waals surface area contributed by atoms with Gasteiger partial charge in [-0.2, -0.15) is 5.06 Å². The number of carbonyl (C=O) groups excluding carboxylic acids is 3. The van der Waals surface area contributed by atoms with Gasteiger partial charge in [0.1, 0.15) is 35.9 Å². The van der Waals surface area contributed by atoms with E-state index < -0.39 is 53.7 Å². The molecule has 0 aromatic heterocycles. The maximum atomic E-state index is 15.5. The number of hydroxylamine groups is 2. The molecule has 2 amide bonds. The second-order valence-electron chi connectivity index (χ2n) is 17.1. The molecular formula is C43H51N3O9. The van der Waals surface area contributed by atoms with Crippen molar-refractivity contribution in [3.8, 4) is 0 Å². The minimum atomic E-state index is -1.41. The molecule has 292 valence electrons. The van der Waals surface area contributed by atoms with Crippen molar-refractivity contribution >= 4 is 23.9 Å². The van der Waals surface area contributed by atoms with Crippen LogP contribution >= 0.6 is 0 Å². The fourth-order valence-electron chi connectivity index (χ4n) is 10.5. The molecule has 10 rings (SSSR count). The van der Waals surface area contributed by atoms with Gasteiger partial charge < -0.3 is 34.3 Å². The Morgan fingerprint density at radius 2 is 1.71 bits per heavy atom. The van der Waals surface area contributed by atoms with E-state index in [0.717, 1.165) is 61.6 Å². The van der Waals surface area contributed by atoms with Crippen molar-refractivity contribution in [3.63, 3.8) is 0 Å².